The normalized spacial score (nSPS) is 11.3. The van der Waals surface area contributed by atoms with Crippen molar-refractivity contribution in [3.05, 3.63) is 58.1 Å². The Morgan fingerprint density at radius 1 is 1.32 bits per heavy atom. The van der Waals surface area contributed by atoms with Crippen LogP contribution in [0.5, 0.6) is 5.75 Å². The molecule has 1 heterocycles. The highest BCUT2D eigenvalue weighted by Crippen LogP contribution is 2.26. The molecule has 3 rings (SSSR count). The second-order valence-corrected chi connectivity index (χ2v) is 5.75. The zero-order valence-corrected chi connectivity index (χ0v) is 13.2. The lowest BCUT2D eigenvalue weighted by Crippen LogP contribution is -2.05. The number of nitro groups is 1. The first-order valence-electron chi connectivity index (χ1n) is 6.91. The van der Waals surface area contributed by atoms with E-state index < -0.39 is 11.5 Å². The number of halogens is 2. The van der Waals surface area contributed by atoms with Crippen LogP contribution in [0.25, 0.3) is 10.2 Å². The van der Waals surface area contributed by atoms with Gasteiger partial charge in [0.1, 0.15) is 5.75 Å². The van der Waals surface area contributed by atoms with Crippen LogP contribution in [-0.2, 0) is 0 Å². The van der Waals surface area contributed by atoms with Crippen molar-refractivity contribution in [3.8, 4) is 5.75 Å². The summed E-state index contributed by atoms with van der Waals surface area (Å²) in [4.78, 5) is 14.5. The molecular formula is C15H10F2N4O3S. The summed E-state index contributed by atoms with van der Waals surface area (Å²) in [5.74, 6) is -0.213. The Bertz CT molecular complexity index is 912. The number of nitrogens with zero attached hydrogens (tertiary/aromatic N) is 3. The van der Waals surface area contributed by atoms with Gasteiger partial charge >= 0.3 is 6.61 Å². The van der Waals surface area contributed by atoms with Crippen molar-refractivity contribution < 1.29 is 18.4 Å². The van der Waals surface area contributed by atoms with Crippen LogP contribution < -0.4 is 10.2 Å². The third kappa shape index (κ3) is 4.04. The molecule has 0 aliphatic heterocycles. The van der Waals surface area contributed by atoms with Crippen LogP contribution >= 0.6 is 11.3 Å². The summed E-state index contributed by atoms with van der Waals surface area (Å²) in [5, 5.41) is 15.2. The molecule has 0 radical (unpaired) electrons. The molecule has 10 heteroatoms. The summed E-state index contributed by atoms with van der Waals surface area (Å²) in [5.41, 5.74) is 3.25. The SMILES string of the molecule is O=[N+]([O-])c1ccc(OC(F)F)c(/C=N/Nc2nc3ccccc3s2)c1. The molecular weight excluding hydrogens is 354 g/mol. The van der Waals surface area contributed by atoms with Gasteiger partial charge in [0.2, 0.25) is 5.13 Å². The van der Waals surface area contributed by atoms with Gasteiger partial charge in [-0.1, -0.05) is 23.5 Å². The number of ether oxygens (including phenoxy) is 1. The first kappa shape index (κ1) is 16.7. The van der Waals surface area contributed by atoms with Crippen molar-refractivity contribution in [1.82, 2.24) is 4.98 Å². The van der Waals surface area contributed by atoms with Gasteiger partial charge in [-0.3, -0.25) is 15.5 Å². The summed E-state index contributed by atoms with van der Waals surface area (Å²) in [6, 6.07) is 10.8. The van der Waals surface area contributed by atoms with Gasteiger partial charge in [-0.25, -0.2) is 4.98 Å². The number of anilines is 1. The topological polar surface area (TPSA) is 89.7 Å². The molecule has 1 aromatic heterocycles. The van der Waals surface area contributed by atoms with E-state index in [1.54, 1.807) is 0 Å². The number of fused-ring (bicyclic) bond motifs is 1. The minimum absolute atomic E-state index is 0.0445. The summed E-state index contributed by atoms with van der Waals surface area (Å²) < 4.78 is 30.2. The predicted octanol–water partition coefficient (Wildman–Crippen LogP) is 4.25. The highest BCUT2D eigenvalue weighted by atomic mass is 32.1. The fourth-order valence-electron chi connectivity index (χ4n) is 2.03. The highest BCUT2D eigenvalue weighted by molar-refractivity contribution is 7.22. The van der Waals surface area contributed by atoms with E-state index in [1.807, 2.05) is 24.3 Å². The lowest BCUT2D eigenvalue weighted by molar-refractivity contribution is -0.384. The van der Waals surface area contributed by atoms with Crippen molar-refractivity contribution >= 4 is 38.6 Å². The molecule has 0 saturated carbocycles. The number of hydrogen-bond donors (Lipinski definition) is 1. The number of rotatable bonds is 6. The van der Waals surface area contributed by atoms with E-state index in [-0.39, 0.29) is 17.0 Å². The Morgan fingerprint density at radius 2 is 2.12 bits per heavy atom. The average molecular weight is 364 g/mol. The standard InChI is InChI=1S/C15H10F2N4O3S/c16-14(17)24-12-6-5-10(21(22)23)7-9(12)8-18-20-15-19-11-3-1-2-4-13(11)25-15/h1-8,14H,(H,19,20)/b18-8+. The third-order valence-electron chi connectivity index (χ3n) is 3.08. The van der Waals surface area contributed by atoms with E-state index >= 15 is 0 Å². The van der Waals surface area contributed by atoms with Gasteiger partial charge in [-0.05, 0) is 18.2 Å². The second kappa shape index (κ2) is 7.18. The smallest absolute Gasteiger partial charge is 0.387 e. The Hall–Kier alpha value is -3.14. The molecule has 25 heavy (non-hydrogen) atoms. The van der Waals surface area contributed by atoms with Crippen LogP contribution in [0.1, 0.15) is 5.56 Å². The first-order valence-corrected chi connectivity index (χ1v) is 7.72. The second-order valence-electron chi connectivity index (χ2n) is 4.71. The van der Waals surface area contributed by atoms with E-state index in [0.717, 1.165) is 34.6 Å². The van der Waals surface area contributed by atoms with Gasteiger partial charge in [0, 0.05) is 17.7 Å². The van der Waals surface area contributed by atoms with E-state index in [0.29, 0.717) is 5.13 Å². The molecule has 0 aliphatic carbocycles. The van der Waals surface area contributed by atoms with E-state index in [4.69, 9.17) is 0 Å². The number of nitrogens with one attached hydrogen (secondary N) is 1. The lowest BCUT2D eigenvalue weighted by atomic mass is 10.2. The lowest BCUT2D eigenvalue weighted by Gasteiger charge is -2.07. The van der Waals surface area contributed by atoms with E-state index in [2.05, 4.69) is 20.2 Å². The summed E-state index contributed by atoms with van der Waals surface area (Å²) in [6.07, 6.45) is 1.16. The molecule has 0 fully saturated rings. The number of hydrogen-bond acceptors (Lipinski definition) is 7. The van der Waals surface area contributed by atoms with Gasteiger partial charge in [0.15, 0.2) is 0 Å². The fourth-order valence-corrected chi connectivity index (χ4v) is 2.85. The molecule has 7 nitrogen and oxygen atoms in total. The molecule has 0 spiro atoms. The van der Waals surface area contributed by atoms with Gasteiger partial charge < -0.3 is 4.74 Å². The number of alkyl halides is 2. The Morgan fingerprint density at radius 3 is 2.84 bits per heavy atom. The zero-order valence-electron chi connectivity index (χ0n) is 12.4. The van der Waals surface area contributed by atoms with Crippen LogP contribution in [0.3, 0.4) is 0 Å². The maximum absolute atomic E-state index is 12.4. The fraction of sp³-hybridized carbons (Fsp3) is 0.0667. The first-order chi connectivity index (χ1) is 12.0. The van der Waals surface area contributed by atoms with Crippen LogP contribution in [0.4, 0.5) is 19.6 Å². The van der Waals surface area contributed by atoms with E-state index in [1.165, 1.54) is 11.3 Å². The monoisotopic (exact) mass is 364 g/mol. The maximum atomic E-state index is 12.4. The Labute approximate surface area is 143 Å². The third-order valence-corrected chi connectivity index (χ3v) is 4.02. The molecule has 0 bridgehead atoms. The predicted molar refractivity (Wildman–Crippen MR) is 90.6 cm³/mol. The number of aromatic nitrogens is 1. The summed E-state index contributed by atoms with van der Waals surface area (Å²) >= 11 is 1.36. The number of thiazole rings is 1. The number of para-hydroxylation sites is 1. The van der Waals surface area contributed by atoms with Crippen molar-refractivity contribution in [3.63, 3.8) is 0 Å². The molecule has 0 saturated heterocycles. The molecule has 0 unspecified atom stereocenters. The van der Waals surface area contributed by atoms with Gasteiger partial charge in [-0.2, -0.15) is 13.9 Å². The molecule has 1 N–H and O–H groups in total. The van der Waals surface area contributed by atoms with Crippen molar-refractivity contribution in [2.24, 2.45) is 5.10 Å². The zero-order chi connectivity index (χ0) is 17.8. The summed E-state index contributed by atoms with van der Waals surface area (Å²) in [6.45, 7) is -3.05. The number of hydrazone groups is 1. The van der Waals surface area contributed by atoms with Crippen LogP contribution in [0, 0.1) is 10.1 Å². The Kier molecular flexibility index (Phi) is 4.80. The molecule has 0 aliphatic rings. The quantitative estimate of drug-likeness (QED) is 0.401. The maximum Gasteiger partial charge on any atom is 0.387 e. The number of benzene rings is 2. The molecule has 0 amide bonds. The average Bonchev–Trinajstić information content (AvgIpc) is 2.98. The van der Waals surface area contributed by atoms with Crippen molar-refractivity contribution in [1.29, 1.82) is 0 Å². The summed E-state index contributed by atoms with van der Waals surface area (Å²) in [7, 11) is 0. The number of nitro benzene ring substituents is 1. The molecule has 0 atom stereocenters. The minimum Gasteiger partial charge on any atom is -0.434 e. The van der Waals surface area contributed by atoms with Crippen LogP contribution in [0.15, 0.2) is 47.6 Å². The Balaban J connectivity index is 1.83. The number of non-ortho nitro benzene ring substituents is 1. The minimum atomic E-state index is -3.05. The molecule has 3 aromatic rings. The van der Waals surface area contributed by atoms with Gasteiger partial charge in [0.05, 0.1) is 21.4 Å². The van der Waals surface area contributed by atoms with Crippen molar-refractivity contribution in [2.45, 2.75) is 6.61 Å². The van der Waals surface area contributed by atoms with Crippen LogP contribution in [-0.4, -0.2) is 22.7 Å². The molecule has 2 aromatic carbocycles. The van der Waals surface area contributed by atoms with Gasteiger partial charge in [0.25, 0.3) is 5.69 Å². The van der Waals surface area contributed by atoms with Gasteiger partial charge in [-0.15, -0.1) is 0 Å². The van der Waals surface area contributed by atoms with E-state index in [9.17, 15) is 18.9 Å². The molecule has 128 valence electrons. The van der Waals surface area contributed by atoms with Crippen molar-refractivity contribution in [2.75, 3.05) is 5.43 Å². The highest BCUT2D eigenvalue weighted by Gasteiger charge is 2.14. The largest absolute Gasteiger partial charge is 0.434 e. The van der Waals surface area contributed by atoms with Crippen LogP contribution in [0.2, 0.25) is 0 Å².